The van der Waals surface area contributed by atoms with E-state index in [9.17, 15) is 0 Å². The van der Waals surface area contributed by atoms with E-state index >= 15 is 0 Å². The second kappa shape index (κ2) is 13.1. The molecule has 0 heterocycles. The normalized spacial score (nSPS) is 12.9. The summed E-state index contributed by atoms with van der Waals surface area (Å²) in [5, 5.41) is 0. The van der Waals surface area contributed by atoms with Crippen LogP contribution in [-0.4, -0.2) is 0 Å². The molecule has 0 aliphatic heterocycles. The highest BCUT2D eigenvalue weighted by Crippen LogP contribution is 2.17. The Labute approximate surface area is 104 Å². The average Bonchev–Trinajstić information content (AvgIpc) is 2.30. The van der Waals surface area contributed by atoms with Gasteiger partial charge in [0, 0.05) is 0 Å². The number of hydrogen-bond acceptors (Lipinski definition) is 0. The Morgan fingerprint density at radius 3 is 1.62 bits per heavy atom. The zero-order chi connectivity index (χ0) is 12.1. The summed E-state index contributed by atoms with van der Waals surface area (Å²) in [4.78, 5) is 0. The van der Waals surface area contributed by atoms with Crippen molar-refractivity contribution >= 4 is 0 Å². The van der Waals surface area contributed by atoms with E-state index in [0.29, 0.717) is 0 Å². The quantitative estimate of drug-likeness (QED) is 0.358. The van der Waals surface area contributed by atoms with Crippen LogP contribution >= 0.6 is 0 Å². The van der Waals surface area contributed by atoms with Gasteiger partial charge in [-0.25, -0.2) is 0 Å². The van der Waals surface area contributed by atoms with E-state index in [-0.39, 0.29) is 0 Å². The van der Waals surface area contributed by atoms with E-state index in [2.05, 4.69) is 20.8 Å². The summed E-state index contributed by atoms with van der Waals surface area (Å²) in [6.45, 7) is 10.2. The minimum absolute atomic E-state index is 0.924. The third-order valence-electron chi connectivity index (χ3n) is 3.39. The smallest absolute Gasteiger partial charge is 0.0443 e. The van der Waals surface area contributed by atoms with Crippen LogP contribution in [0.3, 0.4) is 0 Å². The van der Waals surface area contributed by atoms with Crippen LogP contribution in [-0.2, 0) is 0 Å². The number of rotatable bonds is 12. The summed E-state index contributed by atoms with van der Waals surface area (Å²) in [5.74, 6) is 0.924. The molecule has 0 N–H and O–H groups in total. The predicted molar refractivity (Wildman–Crippen MR) is 75.3 cm³/mol. The Balaban J connectivity index is 3.02. The van der Waals surface area contributed by atoms with Crippen LogP contribution in [0.2, 0.25) is 0 Å². The van der Waals surface area contributed by atoms with Crippen molar-refractivity contribution in [2.24, 2.45) is 5.92 Å². The molecular weight excluding hydrogens is 192 g/mol. The molecule has 0 aromatic heterocycles. The first-order valence-electron chi connectivity index (χ1n) is 7.39. The zero-order valence-electron chi connectivity index (χ0n) is 11.5. The van der Waals surface area contributed by atoms with Crippen molar-refractivity contribution < 1.29 is 0 Å². The molecule has 96 valence electrons. The topological polar surface area (TPSA) is 0 Å². The van der Waals surface area contributed by atoms with Crippen molar-refractivity contribution in [2.45, 2.75) is 84.0 Å². The van der Waals surface area contributed by atoms with Crippen molar-refractivity contribution in [1.29, 1.82) is 0 Å². The van der Waals surface area contributed by atoms with Crippen LogP contribution in [0, 0.1) is 19.8 Å². The van der Waals surface area contributed by atoms with Crippen LogP contribution in [0.4, 0.5) is 0 Å². The molecule has 1 atom stereocenters. The van der Waals surface area contributed by atoms with E-state index < -0.39 is 0 Å². The van der Waals surface area contributed by atoms with E-state index in [0.717, 1.165) is 18.8 Å². The Kier molecular flexibility index (Phi) is 13.1. The van der Waals surface area contributed by atoms with Crippen LogP contribution in [0.5, 0.6) is 0 Å². The van der Waals surface area contributed by atoms with Crippen molar-refractivity contribution in [3.63, 3.8) is 0 Å². The minimum Gasteiger partial charge on any atom is -0.0625 e. The zero-order valence-corrected chi connectivity index (χ0v) is 11.5. The van der Waals surface area contributed by atoms with Gasteiger partial charge in [-0.05, 0) is 5.92 Å². The molecular formula is C16H32. The van der Waals surface area contributed by atoms with E-state index in [1.165, 1.54) is 64.2 Å². The first-order chi connectivity index (χ1) is 7.81. The molecule has 0 rings (SSSR count). The molecule has 16 heavy (non-hydrogen) atoms. The first kappa shape index (κ1) is 16.0. The van der Waals surface area contributed by atoms with Gasteiger partial charge in [-0.2, -0.15) is 0 Å². The fourth-order valence-corrected chi connectivity index (χ4v) is 2.19. The Morgan fingerprint density at radius 2 is 1.06 bits per heavy atom. The van der Waals surface area contributed by atoms with Gasteiger partial charge in [-0.15, -0.1) is 0 Å². The number of hydrogen-bond donors (Lipinski definition) is 0. The average molecular weight is 224 g/mol. The fourth-order valence-electron chi connectivity index (χ4n) is 2.19. The minimum atomic E-state index is 0.924. The molecule has 0 fully saturated rings. The van der Waals surface area contributed by atoms with E-state index in [1.807, 2.05) is 0 Å². The second-order valence-corrected chi connectivity index (χ2v) is 5.22. The maximum absolute atomic E-state index is 3.90. The summed E-state index contributed by atoms with van der Waals surface area (Å²) in [6, 6.07) is 0. The molecule has 0 aliphatic carbocycles. The van der Waals surface area contributed by atoms with Gasteiger partial charge >= 0.3 is 0 Å². The van der Waals surface area contributed by atoms with Crippen molar-refractivity contribution in [3.8, 4) is 0 Å². The molecule has 0 bridgehead atoms. The predicted octanol–water partition coefficient (Wildman–Crippen LogP) is 5.97. The molecule has 0 nitrogen and oxygen atoms in total. The molecule has 0 aliphatic rings. The Morgan fingerprint density at radius 1 is 0.625 bits per heavy atom. The Bertz CT molecular complexity index is 117. The fraction of sp³-hybridized carbons (Fsp3) is 0.875. The maximum Gasteiger partial charge on any atom is -0.0443 e. The van der Waals surface area contributed by atoms with E-state index in [4.69, 9.17) is 0 Å². The van der Waals surface area contributed by atoms with Gasteiger partial charge in [-0.3, -0.25) is 0 Å². The summed E-state index contributed by atoms with van der Waals surface area (Å²) in [6.07, 6.45) is 16.2. The van der Waals surface area contributed by atoms with Gasteiger partial charge in [0.15, 0.2) is 0 Å². The SMILES string of the molecule is [CH2]CCCCCCCCCC(C)CCC[CH2]. The summed E-state index contributed by atoms with van der Waals surface area (Å²) < 4.78 is 0. The van der Waals surface area contributed by atoms with Gasteiger partial charge in [0.1, 0.15) is 0 Å². The molecule has 0 aromatic rings. The van der Waals surface area contributed by atoms with Gasteiger partial charge in [0.25, 0.3) is 0 Å². The van der Waals surface area contributed by atoms with Crippen LogP contribution in [0.15, 0.2) is 0 Å². The van der Waals surface area contributed by atoms with Gasteiger partial charge in [0.05, 0.1) is 0 Å². The van der Waals surface area contributed by atoms with E-state index in [1.54, 1.807) is 0 Å². The second-order valence-electron chi connectivity index (χ2n) is 5.22. The third-order valence-corrected chi connectivity index (χ3v) is 3.39. The van der Waals surface area contributed by atoms with Crippen LogP contribution in [0.1, 0.15) is 84.0 Å². The van der Waals surface area contributed by atoms with Crippen molar-refractivity contribution in [1.82, 2.24) is 0 Å². The van der Waals surface area contributed by atoms with Crippen molar-refractivity contribution in [3.05, 3.63) is 13.8 Å². The van der Waals surface area contributed by atoms with Gasteiger partial charge < -0.3 is 0 Å². The molecule has 1 unspecified atom stereocenters. The first-order valence-corrected chi connectivity index (χ1v) is 7.39. The summed E-state index contributed by atoms with van der Waals surface area (Å²) in [7, 11) is 0. The molecule has 0 aromatic carbocycles. The van der Waals surface area contributed by atoms with Crippen LogP contribution in [0.25, 0.3) is 0 Å². The highest BCUT2D eigenvalue weighted by Gasteiger charge is 2.00. The lowest BCUT2D eigenvalue weighted by Gasteiger charge is -2.09. The monoisotopic (exact) mass is 224 g/mol. The third kappa shape index (κ3) is 12.1. The highest BCUT2D eigenvalue weighted by molar-refractivity contribution is 4.55. The van der Waals surface area contributed by atoms with Crippen molar-refractivity contribution in [2.75, 3.05) is 0 Å². The summed E-state index contributed by atoms with van der Waals surface area (Å²) in [5.41, 5.74) is 0. The molecule has 2 radical (unpaired) electrons. The summed E-state index contributed by atoms with van der Waals surface area (Å²) >= 11 is 0. The molecule has 0 saturated carbocycles. The molecule has 0 amide bonds. The largest absolute Gasteiger partial charge is 0.0625 e. The highest BCUT2D eigenvalue weighted by atomic mass is 14.1. The lowest BCUT2D eigenvalue weighted by molar-refractivity contribution is 0.444. The standard InChI is InChI=1S/C16H32/c1-4-6-8-9-10-11-12-13-15-16(3)14-7-5-2/h16H,1-2,4-15H2,3H3. The van der Waals surface area contributed by atoms with Crippen LogP contribution < -0.4 is 0 Å². The maximum atomic E-state index is 3.90. The molecule has 0 heteroatoms. The lowest BCUT2D eigenvalue weighted by atomic mass is 9.97. The van der Waals surface area contributed by atoms with Gasteiger partial charge in [-0.1, -0.05) is 97.8 Å². The molecule has 0 saturated heterocycles. The molecule has 0 spiro atoms. The lowest BCUT2D eigenvalue weighted by Crippen LogP contribution is -1.94. The number of unbranched alkanes of at least 4 members (excludes halogenated alkanes) is 8. The Hall–Kier alpha value is 0. The van der Waals surface area contributed by atoms with Gasteiger partial charge in [0.2, 0.25) is 0 Å².